The molecule has 0 atom stereocenters. The van der Waals surface area contributed by atoms with Crippen molar-refractivity contribution in [2.24, 2.45) is 0 Å². The summed E-state index contributed by atoms with van der Waals surface area (Å²) in [6, 6.07) is 21.7. The van der Waals surface area contributed by atoms with Gasteiger partial charge in [-0.3, -0.25) is 4.79 Å². The first-order valence-corrected chi connectivity index (χ1v) is 9.44. The van der Waals surface area contributed by atoms with Gasteiger partial charge in [-0.1, -0.05) is 42.5 Å². The van der Waals surface area contributed by atoms with Gasteiger partial charge in [-0.2, -0.15) is 0 Å². The Labute approximate surface area is 149 Å². The molecule has 4 aromatic rings. The third-order valence-electron chi connectivity index (χ3n) is 4.10. The van der Waals surface area contributed by atoms with Gasteiger partial charge in [0.1, 0.15) is 5.82 Å². The highest BCUT2D eigenvalue weighted by Gasteiger charge is 2.22. The number of aromatic amines is 1. The lowest BCUT2D eigenvalue weighted by Crippen LogP contribution is -2.11. The van der Waals surface area contributed by atoms with E-state index in [0.29, 0.717) is 16.5 Å². The predicted octanol–water partition coefficient (Wildman–Crippen LogP) is 3.42. The van der Waals surface area contributed by atoms with Crippen molar-refractivity contribution in [3.05, 3.63) is 89.2 Å². The molecule has 3 aromatic carbocycles. The maximum absolute atomic E-state index is 13.1. The van der Waals surface area contributed by atoms with Gasteiger partial charge in [-0.15, -0.1) is 0 Å². The number of H-pyrrole nitrogens is 1. The molecule has 128 valence electrons. The number of rotatable bonds is 3. The molecule has 0 amide bonds. The summed E-state index contributed by atoms with van der Waals surface area (Å²) in [5, 5.41) is 0.458. The fourth-order valence-electron chi connectivity index (χ4n) is 2.84. The summed E-state index contributed by atoms with van der Waals surface area (Å²) < 4.78 is 26.1. The first-order valence-electron chi connectivity index (χ1n) is 7.96. The molecule has 0 radical (unpaired) electrons. The monoisotopic (exact) mass is 362 g/mol. The van der Waals surface area contributed by atoms with Crippen LogP contribution in [-0.4, -0.2) is 18.4 Å². The highest BCUT2D eigenvalue weighted by Crippen LogP contribution is 2.29. The molecular formula is C20H14N2O3S. The van der Waals surface area contributed by atoms with Crippen molar-refractivity contribution in [1.29, 1.82) is 0 Å². The van der Waals surface area contributed by atoms with Gasteiger partial charge in [0.15, 0.2) is 0 Å². The second-order valence-electron chi connectivity index (χ2n) is 5.74. The van der Waals surface area contributed by atoms with Crippen molar-refractivity contribution < 1.29 is 8.42 Å². The van der Waals surface area contributed by atoms with Crippen LogP contribution in [0.25, 0.3) is 22.3 Å². The minimum Gasteiger partial charge on any atom is -0.306 e. The van der Waals surface area contributed by atoms with Gasteiger partial charge < -0.3 is 4.98 Å². The number of aromatic nitrogens is 2. The first kappa shape index (κ1) is 16.2. The quantitative estimate of drug-likeness (QED) is 0.605. The maximum Gasteiger partial charge on any atom is 0.259 e. The van der Waals surface area contributed by atoms with Gasteiger partial charge in [0, 0.05) is 5.56 Å². The van der Waals surface area contributed by atoms with Gasteiger partial charge in [-0.05, 0) is 36.4 Å². The van der Waals surface area contributed by atoms with E-state index in [2.05, 4.69) is 9.97 Å². The number of nitrogens with one attached hydrogen (secondary N) is 1. The van der Waals surface area contributed by atoms with Crippen LogP contribution in [0, 0.1) is 0 Å². The average Bonchev–Trinajstić information content (AvgIpc) is 2.68. The van der Waals surface area contributed by atoms with Crippen LogP contribution < -0.4 is 5.56 Å². The van der Waals surface area contributed by atoms with Crippen molar-refractivity contribution in [2.45, 2.75) is 9.79 Å². The fraction of sp³-hybridized carbons (Fsp3) is 0. The predicted molar refractivity (Wildman–Crippen MR) is 99.7 cm³/mol. The summed E-state index contributed by atoms with van der Waals surface area (Å²) in [5.74, 6) is 0.226. The molecular weight excluding hydrogens is 348 g/mol. The zero-order valence-electron chi connectivity index (χ0n) is 13.6. The highest BCUT2D eigenvalue weighted by atomic mass is 32.2. The lowest BCUT2D eigenvalue weighted by atomic mass is 10.2. The van der Waals surface area contributed by atoms with Gasteiger partial charge in [0.05, 0.1) is 20.7 Å². The Morgan fingerprint density at radius 3 is 2.23 bits per heavy atom. The van der Waals surface area contributed by atoms with E-state index in [4.69, 9.17) is 0 Å². The molecule has 6 heteroatoms. The minimum absolute atomic E-state index is 0.102. The lowest BCUT2D eigenvalue weighted by molar-refractivity contribution is 0.596. The zero-order valence-corrected chi connectivity index (χ0v) is 14.4. The number of para-hydroxylation sites is 1. The van der Waals surface area contributed by atoms with Gasteiger partial charge in [0.25, 0.3) is 5.56 Å². The normalized spacial score (nSPS) is 11.5. The number of fused-ring (bicyclic) bond motifs is 1. The fourth-order valence-corrected chi connectivity index (χ4v) is 4.32. The van der Waals surface area contributed by atoms with E-state index in [9.17, 15) is 13.2 Å². The van der Waals surface area contributed by atoms with E-state index in [0.717, 1.165) is 0 Å². The van der Waals surface area contributed by atoms with Crippen molar-refractivity contribution in [2.75, 3.05) is 0 Å². The number of hydrogen-bond acceptors (Lipinski definition) is 4. The molecule has 1 N–H and O–H groups in total. The molecule has 1 aromatic heterocycles. The Kier molecular flexibility index (Phi) is 3.89. The van der Waals surface area contributed by atoms with Crippen LogP contribution >= 0.6 is 0 Å². The number of hydrogen-bond donors (Lipinski definition) is 1. The topological polar surface area (TPSA) is 79.9 Å². The van der Waals surface area contributed by atoms with Crippen molar-refractivity contribution in [3.8, 4) is 11.4 Å². The third kappa shape index (κ3) is 2.70. The summed E-state index contributed by atoms with van der Waals surface area (Å²) in [4.78, 5) is 19.8. The molecule has 1 heterocycles. The molecule has 0 aliphatic rings. The van der Waals surface area contributed by atoms with E-state index in [1.807, 2.05) is 0 Å². The van der Waals surface area contributed by atoms with E-state index < -0.39 is 9.84 Å². The maximum atomic E-state index is 13.1. The van der Waals surface area contributed by atoms with Gasteiger partial charge in [0.2, 0.25) is 9.84 Å². The molecule has 0 saturated carbocycles. The second kappa shape index (κ2) is 6.24. The minimum atomic E-state index is -3.75. The first-order chi connectivity index (χ1) is 12.6. The summed E-state index contributed by atoms with van der Waals surface area (Å²) in [6.45, 7) is 0. The standard InChI is InChI=1S/C20H14N2O3S/c23-20-15-10-4-6-12-17(15)21-19(22-20)16-11-5-7-13-18(16)26(24,25)14-8-2-1-3-9-14/h1-13H,(H,21,22,23). The van der Waals surface area contributed by atoms with Gasteiger partial charge >= 0.3 is 0 Å². The van der Waals surface area contributed by atoms with Crippen LogP contribution in [0.4, 0.5) is 0 Å². The van der Waals surface area contributed by atoms with E-state index in [1.165, 1.54) is 6.07 Å². The molecule has 0 aliphatic carbocycles. The number of sulfone groups is 1. The Morgan fingerprint density at radius 1 is 0.769 bits per heavy atom. The molecule has 5 nitrogen and oxygen atoms in total. The zero-order chi connectivity index (χ0) is 18.1. The Balaban J connectivity index is 1.97. The molecule has 0 bridgehead atoms. The molecule has 0 saturated heterocycles. The molecule has 0 aliphatic heterocycles. The van der Waals surface area contributed by atoms with Crippen LogP contribution in [0.1, 0.15) is 0 Å². The van der Waals surface area contributed by atoms with E-state index in [1.54, 1.807) is 72.8 Å². The van der Waals surface area contributed by atoms with Crippen LogP contribution in [0.2, 0.25) is 0 Å². The SMILES string of the molecule is O=c1[nH]c(-c2ccccc2S(=O)(=O)c2ccccc2)nc2ccccc12. The Morgan fingerprint density at radius 2 is 1.42 bits per heavy atom. The molecule has 0 unspecified atom stereocenters. The van der Waals surface area contributed by atoms with E-state index >= 15 is 0 Å². The number of benzene rings is 3. The molecule has 26 heavy (non-hydrogen) atoms. The van der Waals surface area contributed by atoms with Crippen molar-refractivity contribution in [1.82, 2.24) is 9.97 Å². The third-order valence-corrected chi connectivity index (χ3v) is 5.93. The van der Waals surface area contributed by atoms with Crippen LogP contribution in [0.5, 0.6) is 0 Å². The average molecular weight is 362 g/mol. The summed E-state index contributed by atoms with van der Waals surface area (Å²) in [7, 11) is -3.75. The summed E-state index contributed by atoms with van der Waals surface area (Å²) in [5.41, 5.74) is 0.565. The largest absolute Gasteiger partial charge is 0.306 e. The Bertz CT molecular complexity index is 1260. The Hall–Kier alpha value is -3.25. The molecule has 0 spiro atoms. The van der Waals surface area contributed by atoms with Crippen LogP contribution in [0.15, 0.2) is 93.4 Å². The van der Waals surface area contributed by atoms with Crippen molar-refractivity contribution in [3.63, 3.8) is 0 Å². The smallest absolute Gasteiger partial charge is 0.259 e. The van der Waals surface area contributed by atoms with E-state index in [-0.39, 0.29) is 21.2 Å². The summed E-state index contributed by atoms with van der Waals surface area (Å²) >= 11 is 0. The van der Waals surface area contributed by atoms with Crippen molar-refractivity contribution >= 4 is 20.7 Å². The highest BCUT2D eigenvalue weighted by molar-refractivity contribution is 7.91. The van der Waals surface area contributed by atoms with Gasteiger partial charge in [-0.25, -0.2) is 13.4 Å². The van der Waals surface area contributed by atoms with Crippen LogP contribution in [0.3, 0.4) is 0 Å². The summed E-state index contributed by atoms with van der Waals surface area (Å²) in [6.07, 6.45) is 0. The van der Waals surface area contributed by atoms with Crippen LogP contribution in [-0.2, 0) is 9.84 Å². The number of nitrogens with zero attached hydrogens (tertiary/aromatic N) is 1. The second-order valence-corrected chi connectivity index (χ2v) is 7.66. The molecule has 4 rings (SSSR count). The molecule has 0 fully saturated rings. The lowest BCUT2D eigenvalue weighted by Gasteiger charge is -2.10.